The normalized spacial score (nSPS) is 14.8. The molecule has 0 spiro atoms. The summed E-state index contributed by atoms with van der Waals surface area (Å²) in [6.07, 6.45) is 1.04. The van der Waals surface area contributed by atoms with Crippen molar-refractivity contribution in [2.45, 2.75) is 25.9 Å². The number of aryl methyl sites for hydroxylation is 1. The summed E-state index contributed by atoms with van der Waals surface area (Å²) in [6, 6.07) is 18.7. The number of benzene rings is 2. The Hall–Kier alpha value is -2.63. The Balaban J connectivity index is 1.38. The molecule has 0 bridgehead atoms. The summed E-state index contributed by atoms with van der Waals surface area (Å²) in [5.41, 5.74) is 5.11. The maximum atomic E-state index is 12.4. The molecule has 0 radical (unpaired) electrons. The molecule has 0 saturated carbocycles. The first-order chi connectivity index (χ1) is 14.2. The molecule has 4 nitrogen and oxygen atoms in total. The van der Waals surface area contributed by atoms with Crippen LogP contribution in [-0.4, -0.2) is 30.5 Å². The minimum atomic E-state index is -0.0918. The van der Waals surface area contributed by atoms with E-state index in [1.165, 1.54) is 16.7 Å². The number of rotatable bonds is 7. The molecule has 29 heavy (non-hydrogen) atoms. The lowest BCUT2D eigenvalue weighted by Crippen LogP contribution is -2.41. The van der Waals surface area contributed by atoms with E-state index in [1.54, 1.807) is 11.3 Å². The highest BCUT2D eigenvalue weighted by molar-refractivity contribution is 7.07. The summed E-state index contributed by atoms with van der Waals surface area (Å²) in [5.74, 6) is 0.663. The van der Waals surface area contributed by atoms with Crippen LogP contribution in [0, 0.1) is 6.92 Å². The summed E-state index contributed by atoms with van der Waals surface area (Å²) in [7, 11) is 0. The second-order valence-corrected chi connectivity index (χ2v) is 8.20. The van der Waals surface area contributed by atoms with Crippen LogP contribution in [0.4, 0.5) is 0 Å². The van der Waals surface area contributed by atoms with E-state index in [9.17, 15) is 4.79 Å². The van der Waals surface area contributed by atoms with E-state index in [0.717, 1.165) is 30.8 Å². The molecule has 1 N–H and O–H groups in total. The largest absolute Gasteiger partial charge is 0.484 e. The van der Waals surface area contributed by atoms with Gasteiger partial charge in [-0.1, -0.05) is 42.5 Å². The van der Waals surface area contributed by atoms with Crippen molar-refractivity contribution in [3.8, 4) is 5.75 Å². The zero-order chi connectivity index (χ0) is 20.1. The fourth-order valence-corrected chi connectivity index (χ4v) is 4.54. The molecule has 0 aliphatic carbocycles. The number of para-hydroxylation sites is 1. The van der Waals surface area contributed by atoms with Crippen molar-refractivity contribution in [2.75, 3.05) is 19.7 Å². The van der Waals surface area contributed by atoms with E-state index < -0.39 is 0 Å². The minimum Gasteiger partial charge on any atom is -0.484 e. The standard InChI is InChI=1S/C24H26N2O2S/c1-18-6-2-5-9-23(18)28-16-24(27)25-14-22(21-11-13-29-17-21)26-12-10-19-7-3-4-8-20(19)15-26/h2-9,11,13,17,22H,10,12,14-16H2,1H3,(H,25,27). The molecule has 2 aromatic carbocycles. The summed E-state index contributed by atoms with van der Waals surface area (Å²) in [4.78, 5) is 14.9. The average molecular weight is 407 g/mol. The second-order valence-electron chi connectivity index (χ2n) is 7.42. The van der Waals surface area contributed by atoms with Crippen molar-refractivity contribution in [2.24, 2.45) is 0 Å². The van der Waals surface area contributed by atoms with Crippen LogP contribution >= 0.6 is 11.3 Å². The Morgan fingerprint density at radius 2 is 1.93 bits per heavy atom. The van der Waals surface area contributed by atoms with Crippen molar-refractivity contribution < 1.29 is 9.53 Å². The van der Waals surface area contributed by atoms with Crippen LogP contribution in [0.5, 0.6) is 5.75 Å². The molecule has 4 rings (SSSR count). The van der Waals surface area contributed by atoms with Crippen LogP contribution < -0.4 is 10.1 Å². The Morgan fingerprint density at radius 3 is 2.72 bits per heavy atom. The molecule has 1 aliphatic rings. The number of ether oxygens (including phenoxy) is 1. The zero-order valence-corrected chi connectivity index (χ0v) is 17.5. The number of carbonyl (C=O) groups excluding carboxylic acids is 1. The van der Waals surface area contributed by atoms with Gasteiger partial charge in [-0.15, -0.1) is 0 Å². The fourth-order valence-electron chi connectivity index (χ4n) is 3.83. The number of thiophene rings is 1. The molecule has 0 saturated heterocycles. The predicted molar refractivity (Wildman–Crippen MR) is 117 cm³/mol. The van der Waals surface area contributed by atoms with Gasteiger partial charge in [0, 0.05) is 19.6 Å². The molecule has 1 aliphatic heterocycles. The van der Waals surface area contributed by atoms with Gasteiger partial charge in [0.1, 0.15) is 5.75 Å². The van der Waals surface area contributed by atoms with E-state index >= 15 is 0 Å². The molecular weight excluding hydrogens is 380 g/mol. The molecule has 1 aromatic heterocycles. The summed E-state index contributed by atoms with van der Waals surface area (Å²) in [6.45, 7) is 4.49. The number of carbonyl (C=O) groups is 1. The molecule has 2 heterocycles. The highest BCUT2D eigenvalue weighted by Gasteiger charge is 2.25. The first-order valence-electron chi connectivity index (χ1n) is 9.99. The first-order valence-corrected chi connectivity index (χ1v) is 10.9. The monoisotopic (exact) mass is 406 g/mol. The van der Waals surface area contributed by atoms with Gasteiger partial charge in [0.2, 0.25) is 0 Å². The van der Waals surface area contributed by atoms with Gasteiger partial charge < -0.3 is 10.1 Å². The highest BCUT2D eigenvalue weighted by Crippen LogP contribution is 2.28. The quantitative estimate of drug-likeness (QED) is 0.634. The molecular formula is C24H26N2O2S. The average Bonchev–Trinajstić information content (AvgIpc) is 3.28. The van der Waals surface area contributed by atoms with Crippen LogP contribution in [-0.2, 0) is 17.8 Å². The molecule has 1 atom stereocenters. The maximum Gasteiger partial charge on any atom is 0.258 e. The van der Waals surface area contributed by atoms with Crippen LogP contribution in [0.3, 0.4) is 0 Å². The van der Waals surface area contributed by atoms with Gasteiger partial charge in [0.25, 0.3) is 5.91 Å². The lowest BCUT2D eigenvalue weighted by Gasteiger charge is -2.35. The van der Waals surface area contributed by atoms with Gasteiger partial charge in [-0.2, -0.15) is 11.3 Å². The van der Waals surface area contributed by atoms with Crippen LogP contribution in [0.25, 0.3) is 0 Å². The van der Waals surface area contributed by atoms with Crippen LogP contribution in [0.1, 0.15) is 28.3 Å². The predicted octanol–water partition coefficient (Wildman–Crippen LogP) is 4.35. The van der Waals surface area contributed by atoms with Gasteiger partial charge in [-0.25, -0.2) is 0 Å². The molecule has 1 unspecified atom stereocenters. The fraction of sp³-hybridized carbons (Fsp3) is 0.292. The second kappa shape index (κ2) is 9.25. The van der Waals surface area contributed by atoms with E-state index in [-0.39, 0.29) is 18.6 Å². The Kier molecular flexibility index (Phi) is 6.27. The van der Waals surface area contributed by atoms with Crippen molar-refractivity contribution in [1.82, 2.24) is 10.2 Å². The number of hydrogen-bond acceptors (Lipinski definition) is 4. The van der Waals surface area contributed by atoms with Gasteiger partial charge in [0.05, 0.1) is 6.04 Å². The SMILES string of the molecule is Cc1ccccc1OCC(=O)NCC(c1ccsc1)N1CCc2ccccc2C1. The van der Waals surface area contributed by atoms with E-state index in [2.05, 4.69) is 51.3 Å². The van der Waals surface area contributed by atoms with Crippen LogP contribution in [0.15, 0.2) is 65.4 Å². The molecule has 1 amide bonds. The summed E-state index contributed by atoms with van der Waals surface area (Å²) >= 11 is 1.70. The first kappa shape index (κ1) is 19.7. The van der Waals surface area contributed by atoms with Crippen molar-refractivity contribution >= 4 is 17.2 Å². The van der Waals surface area contributed by atoms with Crippen molar-refractivity contribution in [1.29, 1.82) is 0 Å². The van der Waals surface area contributed by atoms with Gasteiger partial charge in [0.15, 0.2) is 6.61 Å². The van der Waals surface area contributed by atoms with Gasteiger partial charge >= 0.3 is 0 Å². The van der Waals surface area contributed by atoms with E-state index in [0.29, 0.717) is 6.54 Å². The lowest BCUT2D eigenvalue weighted by molar-refractivity contribution is -0.123. The third kappa shape index (κ3) is 4.86. The molecule has 0 fully saturated rings. The van der Waals surface area contributed by atoms with Crippen molar-refractivity contribution in [3.05, 3.63) is 87.6 Å². The highest BCUT2D eigenvalue weighted by atomic mass is 32.1. The topological polar surface area (TPSA) is 41.6 Å². The zero-order valence-electron chi connectivity index (χ0n) is 16.6. The third-order valence-corrected chi connectivity index (χ3v) is 6.18. The van der Waals surface area contributed by atoms with Gasteiger partial charge in [-0.05, 0) is 58.5 Å². The Labute approximate surface area is 176 Å². The maximum absolute atomic E-state index is 12.4. The van der Waals surface area contributed by atoms with E-state index in [4.69, 9.17) is 4.74 Å². The lowest BCUT2D eigenvalue weighted by atomic mass is 9.97. The summed E-state index contributed by atoms with van der Waals surface area (Å²) < 4.78 is 5.69. The van der Waals surface area contributed by atoms with Gasteiger partial charge in [-0.3, -0.25) is 9.69 Å². The number of hydrogen-bond donors (Lipinski definition) is 1. The smallest absolute Gasteiger partial charge is 0.258 e. The Bertz CT molecular complexity index is 955. The number of amides is 1. The van der Waals surface area contributed by atoms with Crippen LogP contribution in [0.2, 0.25) is 0 Å². The van der Waals surface area contributed by atoms with E-state index in [1.807, 2.05) is 31.2 Å². The molecule has 3 aromatic rings. The summed E-state index contributed by atoms with van der Waals surface area (Å²) in [5, 5.41) is 7.36. The molecule has 150 valence electrons. The minimum absolute atomic E-state index is 0.0318. The Morgan fingerprint density at radius 1 is 1.14 bits per heavy atom. The molecule has 5 heteroatoms. The number of fused-ring (bicyclic) bond motifs is 1. The number of nitrogens with zero attached hydrogens (tertiary/aromatic N) is 1. The van der Waals surface area contributed by atoms with Crippen molar-refractivity contribution in [3.63, 3.8) is 0 Å². The number of nitrogens with one attached hydrogen (secondary N) is 1. The third-order valence-electron chi connectivity index (χ3n) is 5.47.